The molecule has 2 heterocycles. The van der Waals surface area contributed by atoms with Gasteiger partial charge in [-0.1, -0.05) is 31.5 Å². The topological polar surface area (TPSA) is 173 Å². The number of alkyl carbamates (subject to hydrolysis) is 1. The van der Waals surface area contributed by atoms with Gasteiger partial charge in [-0.2, -0.15) is 0 Å². The first-order valence-corrected chi connectivity index (χ1v) is 19.2. The minimum Gasteiger partial charge on any atom is -0.488 e. The number of rotatable bonds is 17. The van der Waals surface area contributed by atoms with Crippen LogP contribution in [0.3, 0.4) is 0 Å². The highest BCUT2D eigenvalue weighted by Gasteiger charge is 2.62. The van der Waals surface area contributed by atoms with Gasteiger partial charge in [-0.3, -0.25) is 9.59 Å². The van der Waals surface area contributed by atoms with E-state index in [2.05, 4.69) is 22.2 Å². The van der Waals surface area contributed by atoms with Gasteiger partial charge in [-0.25, -0.2) is 14.6 Å². The summed E-state index contributed by atoms with van der Waals surface area (Å²) in [7, 11) is 4.27. The smallest absolute Gasteiger partial charge is 0.408 e. The molecule has 6 rings (SSSR count). The van der Waals surface area contributed by atoms with Crippen molar-refractivity contribution in [1.82, 2.24) is 20.5 Å². The highest BCUT2D eigenvalue weighted by Crippen LogP contribution is 2.52. The van der Waals surface area contributed by atoms with Crippen molar-refractivity contribution in [3.05, 3.63) is 35.4 Å². The Kier molecular flexibility index (Phi) is 12.3. The van der Waals surface area contributed by atoms with E-state index in [9.17, 15) is 19.2 Å². The fourth-order valence-electron chi connectivity index (χ4n) is 7.94. The fourth-order valence-corrected chi connectivity index (χ4v) is 8.21. The van der Waals surface area contributed by atoms with Gasteiger partial charge in [0.05, 0.1) is 20.3 Å². The number of ether oxygens (including phenoxy) is 7. The lowest BCUT2D eigenvalue weighted by molar-refractivity contribution is -0.148. The number of fused-ring (bicyclic) bond motifs is 2. The van der Waals surface area contributed by atoms with Crippen LogP contribution in [0.2, 0.25) is 5.02 Å². The number of amides is 3. The molecule has 1 aromatic carbocycles. The van der Waals surface area contributed by atoms with Crippen LogP contribution in [0.15, 0.2) is 30.4 Å². The first kappa shape index (κ1) is 40.3. The van der Waals surface area contributed by atoms with E-state index in [0.29, 0.717) is 59.3 Å². The predicted molar refractivity (Wildman–Crippen MR) is 200 cm³/mol. The number of esters is 1. The molecule has 2 N–H and O–H groups in total. The summed E-state index contributed by atoms with van der Waals surface area (Å²) in [4.78, 5) is 60.5. The first-order chi connectivity index (χ1) is 26.4. The number of pyridine rings is 1. The molecule has 300 valence electrons. The molecular formula is C39H51ClN4O11. The summed E-state index contributed by atoms with van der Waals surface area (Å²) in [5.41, 5.74) is -0.492. The van der Waals surface area contributed by atoms with Crippen LogP contribution in [0, 0.1) is 17.8 Å². The number of halogens is 1. The lowest BCUT2D eigenvalue weighted by Gasteiger charge is -2.30. The van der Waals surface area contributed by atoms with Crippen LogP contribution in [0.5, 0.6) is 17.4 Å². The summed E-state index contributed by atoms with van der Waals surface area (Å²) in [6.07, 6.45) is 1.65. The maximum absolute atomic E-state index is 14.4. The molecule has 3 amide bonds. The van der Waals surface area contributed by atoms with Crippen LogP contribution in [0.25, 0.3) is 10.9 Å². The number of hydrogen-bond donors (Lipinski definition) is 2. The van der Waals surface area contributed by atoms with Crippen molar-refractivity contribution < 1.29 is 52.3 Å². The van der Waals surface area contributed by atoms with Crippen molar-refractivity contribution in [2.75, 3.05) is 41.1 Å². The normalized spacial score (nSPS) is 26.9. The molecule has 8 atom stereocenters. The zero-order chi connectivity index (χ0) is 39.6. The molecule has 0 bridgehead atoms. The minimum atomic E-state index is -1.19. The largest absolute Gasteiger partial charge is 0.488 e. The van der Waals surface area contributed by atoms with E-state index >= 15 is 0 Å². The van der Waals surface area contributed by atoms with Crippen molar-refractivity contribution in [1.29, 1.82) is 0 Å². The second-order valence-electron chi connectivity index (χ2n) is 14.8. The maximum atomic E-state index is 14.4. The molecule has 16 heteroatoms. The fraction of sp³-hybridized carbons (Fsp3) is 0.615. The summed E-state index contributed by atoms with van der Waals surface area (Å²) in [6, 6.07) is 2.78. The average Bonchev–Trinajstić information content (AvgIpc) is 3.97. The number of carbonyl (C=O) groups excluding carboxylic acids is 4. The molecule has 55 heavy (non-hydrogen) atoms. The van der Waals surface area contributed by atoms with Gasteiger partial charge in [-0.15, -0.1) is 0 Å². The lowest BCUT2D eigenvalue weighted by Crippen LogP contribution is -2.56. The van der Waals surface area contributed by atoms with Crippen LogP contribution in [-0.4, -0.2) is 111 Å². The zero-order valence-electron chi connectivity index (χ0n) is 32.2. The predicted octanol–water partition coefficient (Wildman–Crippen LogP) is 4.56. The van der Waals surface area contributed by atoms with E-state index in [4.69, 9.17) is 44.8 Å². The summed E-state index contributed by atoms with van der Waals surface area (Å²) in [6.45, 7) is 9.68. The molecule has 4 aliphatic rings. The van der Waals surface area contributed by atoms with Gasteiger partial charge < -0.3 is 48.7 Å². The molecule has 3 aliphatic carbocycles. The van der Waals surface area contributed by atoms with Gasteiger partial charge in [0.25, 0.3) is 0 Å². The third-order valence-corrected chi connectivity index (χ3v) is 11.5. The highest BCUT2D eigenvalue weighted by atomic mass is 35.5. The van der Waals surface area contributed by atoms with E-state index in [1.807, 2.05) is 13.8 Å². The van der Waals surface area contributed by atoms with Crippen molar-refractivity contribution in [2.24, 2.45) is 17.8 Å². The Morgan fingerprint density at radius 1 is 1.02 bits per heavy atom. The monoisotopic (exact) mass is 786 g/mol. The maximum Gasteiger partial charge on any atom is 0.408 e. The molecule has 3 saturated carbocycles. The van der Waals surface area contributed by atoms with E-state index in [0.717, 1.165) is 12.8 Å². The molecular weight excluding hydrogens is 736 g/mol. The number of nitrogens with zero attached hydrogens (tertiary/aromatic N) is 2. The second-order valence-corrected chi connectivity index (χ2v) is 15.2. The molecule has 2 aromatic rings. The summed E-state index contributed by atoms with van der Waals surface area (Å²) in [5, 5.41) is 6.35. The number of benzene rings is 1. The van der Waals surface area contributed by atoms with Gasteiger partial charge in [-0.05, 0) is 75.0 Å². The molecule has 0 spiro atoms. The van der Waals surface area contributed by atoms with E-state index in [-0.39, 0.29) is 42.5 Å². The third kappa shape index (κ3) is 8.58. The molecule has 1 aromatic heterocycles. The van der Waals surface area contributed by atoms with Crippen molar-refractivity contribution in [3.63, 3.8) is 0 Å². The van der Waals surface area contributed by atoms with E-state index < -0.39 is 53.9 Å². The number of nitrogens with one attached hydrogen (secondary N) is 2. The van der Waals surface area contributed by atoms with E-state index in [1.54, 1.807) is 25.1 Å². The van der Waals surface area contributed by atoms with Gasteiger partial charge in [0, 0.05) is 32.1 Å². The Labute approximate surface area is 325 Å². The van der Waals surface area contributed by atoms with Gasteiger partial charge in [0.2, 0.25) is 17.7 Å². The van der Waals surface area contributed by atoms with Crippen molar-refractivity contribution in [2.45, 2.75) is 95.4 Å². The number of likely N-dealkylation sites (tertiary alicyclic amines) is 1. The highest BCUT2D eigenvalue weighted by molar-refractivity contribution is 6.36. The van der Waals surface area contributed by atoms with Crippen LogP contribution < -0.4 is 24.8 Å². The molecule has 1 aliphatic heterocycles. The molecule has 0 radical (unpaired) electrons. The van der Waals surface area contributed by atoms with Crippen molar-refractivity contribution in [3.8, 4) is 17.4 Å². The third-order valence-electron chi connectivity index (χ3n) is 11.1. The zero-order valence-corrected chi connectivity index (χ0v) is 32.9. The lowest BCUT2D eigenvalue weighted by atomic mass is 10.1. The van der Waals surface area contributed by atoms with Gasteiger partial charge in [0.15, 0.2) is 6.29 Å². The molecule has 0 unspecified atom stereocenters. The SMILES string of the molecule is C=C(C)[C@H](NC(=O)O[C@@H]1C[C@@H]2C[C@@H]2C1)C(=O)N1C[C@H](Oc2cc(OCC)nc3c(Cl)c(OCC(OC)OC)ccc23)C[C@H]1C(=O)N[C@]1(C(=O)OC)C[C@H]1CC. The molecule has 15 nitrogen and oxygen atoms in total. The summed E-state index contributed by atoms with van der Waals surface area (Å²) in [5.74, 6) is 0.349. The number of methoxy groups -OCH3 is 3. The Morgan fingerprint density at radius 3 is 2.36 bits per heavy atom. The standard InChI is InChI=1S/C39H51ClN4O11/c1-8-23-17-39(23,37(47)51-7)43-35(45)27-15-25(18-44(27)36(46)33(20(3)4)42-38(48)55-24-13-21-12-22(21)14-24)54-29-16-30(52-9-2)41-34-26(29)10-11-28(32(34)40)53-19-31(49-5)50-6/h10-11,16,21-25,27,31,33H,3,8-9,12-15,17-19H2,1-2,4-7H3,(H,42,48)(H,43,45)/t21-,22+,23-,24+,25-,27+,33+,39-/m1/s1. The Hall–Kier alpha value is -4.34. The Balaban J connectivity index is 1.27. The summed E-state index contributed by atoms with van der Waals surface area (Å²) >= 11 is 6.82. The van der Waals surface area contributed by atoms with Crippen LogP contribution in [-0.2, 0) is 33.3 Å². The van der Waals surface area contributed by atoms with Crippen molar-refractivity contribution >= 4 is 46.4 Å². The molecule has 1 saturated heterocycles. The second kappa shape index (κ2) is 16.8. The number of aromatic nitrogens is 1. The number of carbonyl (C=O) groups is 4. The van der Waals surface area contributed by atoms with Crippen LogP contribution in [0.4, 0.5) is 4.79 Å². The van der Waals surface area contributed by atoms with Gasteiger partial charge in [0.1, 0.15) is 58.5 Å². The Morgan fingerprint density at radius 2 is 1.75 bits per heavy atom. The average molecular weight is 787 g/mol. The van der Waals surface area contributed by atoms with Crippen LogP contribution in [0.1, 0.15) is 59.3 Å². The molecule has 4 fully saturated rings. The van der Waals surface area contributed by atoms with E-state index in [1.165, 1.54) is 32.7 Å². The number of hydrogen-bond acceptors (Lipinski definition) is 12. The Bertz CT molecular complexity index is 1800. The minimum absolute atomic E-state index is 0.0377. The van der Waals surface area contributed by atoms with Gasteiger partial charge >= 0.3 is 12.1 Å². The quantitative estimate of drug-likeness (QED) is 0.130. The van der Waals surface area contributed by atoms with Crippen LogP contribution >= 0.6 is 11.6 Å². The summed E-state index contributed by atoms with van der Waals surface area (Å²) < 4.78 is 39.4. The first-order valence-electron chi connectivity index (χ1n) is 18.8.